The zero-order chi connectivity index (χ0) is 16.2. The van der Waals surface area contributed by atoms with Gasteiger partial charge in [-0.15, -0.1) is 0 Å². The molecule has 128 valence electrons. The zero-order valence-corrected chi connectivity index (χ0v) is 14.1. The number of aromatic nitrogens is 1. The van der Waals surface area contributed by atoms with Crippen LogP contribution in [-0.2, 0) is 17.8 Å². The molecule has 2 aromatic heterocycles. The van der Waals surface area contributed by atoms with Crippen LogP contribution in [-0.4, -0.2) is 53.2 Å². The van der Waals surface area contributed by atoms with Crippen molar-refractivity contribution in [3.8, 4) is 0 Å². The smallest absolute Gasteiger partial charge is 0.117 e. The lowest BCUT2D eigenvalue weighted by molar-refractivity contribution is -0.143. The Bertz CT molecular complexity index is 627. The Morgan fingerprint density at radius 1 is 1.04 bits per heavy atom. The average Bonchev–Trinajstić information content (AvgIpc) is 3.09. The van der Waals surface area contributed by atoms with Gasteiger partial charge in [-0.1, -0.05) is 6.07 Å². The van der Waals surface area contributed by atoms with Crippen molar-refractivity contribution in [3.63, 3.8) is 0 Å². The van der Waals surface area contributed by atoms with Gasteiger partial charge < -0.3 is 9.15 Å². The van der Waals surface area contributed by atoms with Crippen molar-refractivity contribution in [2.24, 2.45) is 0 Å². The third-order valence-corrected chi connectivity index (χ3v) is 5.02. The summed E-state index contributed by atoms with van der Waals surface area (Å²) >= 11 is 0. The lowest BCUT2D eigenvalue weighted by Crippen LogP contribution is -2.59. The molecule has 0 saturated carbocycles. The van der Waals surface area contributed by atoms with Gasteiger partial charge >= 0.3 is 0 Å². The highest BCUT2D eigenvalue weighted by atomic mass is 16.5. The van der Waals surface area contributed by atoms with Crippen LogP contribution in [0.15, 0.2) is 47.2 Å². The van der Waals surface area contributed by atoms with Crippen molar-refractivity contribution in [2.45, 2.75) is 31.5 Å². The molecule has 5 nitrogen and oxygen atoms in total. The fourth-order valence-corrected chi connectivity index (χ4v) is 3.97. The van der Waals surface area contributed by atoms with Crippen molar-refractivity contribution >= 4 is 0 Å². The van der Waals surface area contributed by atoms with Crippen LogP contribution in [0.25, 0.3) is 0 Å². The highest BCUT2D eigenvalue weighted by Gasteiger charge is 2.40. The average molecular weight is 327 g/mol. The molecule has 1 atom stereocenters. The molecule has 24 heavy (non-hydrogen) atoms. The summed E-state index contributed by atoms with van der Waals surface area (Å²) < 4.78 is 11.8. The van der Waals surface area contributed by atoms with Gasteiger partial charge in [0.05, 0.1) is 30.7 Å². The van der Waals surface area contributed by atoms with E-state index >= 15 is 0 Å². The molecule has 2 aliphatic rings. The number of morpholine rings is 1. The van der Waals surface area contributed by atoms with Gasteiger partial charge in [0.2, 0.25) is 0 Å². The fraction of sp³-hybridized carbons (Fsp3) is 0.526. The zero-order valence-electron chi connectivity index (χ0n) is 14.1. The summed E-state index contributed by atoms with van der Waals surface area (Å²) in [6, 6.07) is 10.1. The lowest BCUT2D eigenvalue weighted by atomic mass is 9.90. The summed E-state index contributed by atoms with van der Waals surface area (Å²) in [5.41, 5.74) is 1.09. The Hall–Kier alpha value is -1.69. The van der Waals surface area contributed by atoms with E-state index in [0.717, 1.165) is 63.8 Å². The van der Waals surface area contributed by atoms with Crippen LogP contribution < -0.4 is 0 Å². The standard InChI is InChI=1S/C19H25N3O2/c1-2-8-20-17(5-1)13-21-9-4-7-19(15-21)16-22(10-12-24-19)14-18-6-3-11-23-18/h1-3,5-6,8,11H,4,7,9-10,12-16H2. The molecule has 4 heterocycles. The number of ether oxygens (including phenoxy) is 1. The topological polar surface area (TPSA) is 41.7 Å². The van der Waals surface area contributed by atoms with E-state index in [9.17, 15) is 0 Å². The highest BCUT2D eigenvalue weighted by molar-refractivity contribution is 5.05. The van der Waals surface area contributed by atoms with Crippen LogP contribution in [0, 0.1) is 0 Å². The van der Waals surface area contributed by atoms with E-state index in [-0.39, 0.29) is 5.60 Å². The Morgan fingerprint density at radius 3 is 2.75 bits per heavy atom. The monoisotopic (exact) mass is 327 g/mol. The maximum atomic E-state index is 6.29. The molecule has 1 spiro atoms. The van der Waals surface area contributed by atoms with E-state index < -0.39 is 0 Å². The number of hydrogen-bond donors (Lipinski definition) is 0. The largest absolute Gasteiger partial charge is 0.468 e. The summed E-state index contributed by atoms with van der Waals surface area (Å²) in [6.45, 7) is 6.65. The van der Waals surface area contributed by atoms with E-state index in [1.54, 1.807) is 6.26 Å². The summed E-state index contributed by atoms with van der Waals surface area (Å²) in [7, 11) is 0. The number of rotatable bonds is 4. The predicted molar refractivity (Wildman–Crippen MR) is 91.4 cm³/mol. The van der Waals surface area contributed by atoms with Gasteiger partial charge in [0.25, 0.3) is 0 Å². The van der Waals surface area contributed by atoms with Gasteiger partial charge in [0.15, 0.2) is 0 Å². The van der Waals surface area contributed by atoms with Crippen molar-refractivity contribution < 1.29 is 9.15 Å². The molecule has 0 amide bonds. The van der Waals surface area contributed by atoms with Crippen molar-refractivity contribution in [2.75, 3.05) is 32.8 Å². The number of hydrogen-bond acceptors (Lipinski definition) is 5. The van der Waals surface area contributed by atoms with E-state index in [1.165, 1.54) is 6.42 Å². The van der Waals surface area contributed by atoms with Crippen LogP contribution in [0.5, 0.6) is 0 Å². The summed E-state index contributed by atoms with van der Waals surface area (Å²) in [5, 5.41) is 0. The lowest BCUT2D eigenvalue weighted by Gasteiger charge is -2.48. The first kappa shape index (κ1) is 15.8. The second kappa shape index (κ2) is 7.05. The first-order valence-electron chi connectivity index (χ1n) is 8.82. The van der Waals surface area contributed by atoms with E-state index in [1.807, 2.05) is 18.3 Å². The van der Waals surface area contributed by atoms with E-state index in [4.69, 9.17) is 9.15 Å². The quantitative estimate of drug-likeness (QED) is 0.863. The molecule has 2 fully saturated rings. The Kier molecular flexibility index (Phi) is 4.65. The van der Waals surface area contributed by atoms with Crippen molar-refractivity contribution in [1.82, 2.24) is 14.8 Å². The molecule has 5 heteroatoms. The van der Waals surface area contributed by atoms with Crippen LogP contribution >= 0.6 is 0 Å². The minimum absolute atomic E-state index is 0.0438. The molecule has 0 aromatic carbocycles. The molecule has 1 unspecified atom stereocenters. The SMILES string of the molecule is c1ccc(CN2CCCC3(C2)CN(Cc2ccco2)CCO3)nc1. The van der Waals surface area contributed by atoms with Crippen LogP contribution in [0.4, 0.5) is 0 Å². The number of likely N-dealkylation sites (tertiary alicyclic amines) is 1. The third kappa shape index (κ3) is 3.69. The number of pyridine rings is 1. The minimum Gasteiger partial charge on any atom is -0.468 e. The molecule has 0 bridgehead atoms. The van der Waals surface area contributed by atoms with Crippen LogP contribution in [0.3, 0.4) is 0 Å². The van der Waals surface area contributed by atoms with Crippen molar-refractivity contribution in [3.05, 3.63) is 54.2 Å². The first-order valence-corrected chi connectivity index (χ1v) is 8.82. The third-order valence-electron chi connectivity index (χ3n) is 5.02. The molecular weight excluding hydrogens is 302 g/mol. The second-order valence-corrected chi connectivity index (χ2v) is 6.96. The normalized spacial score (nSPS) is 26.0. The number of nitrogens with zero attached hydrogens (tertiary/aromatic N) is 3. The Labute approximate surface area is 143 Å². The molecule has 0 N–H and O–H groups in total. The summed E-state index contributed by atoms with van der Waals surface area (Å²) in [6.07, 6.45) is 5.94. The molecule has 4 rings (SSSR count). The van der Waals surface area contributed by atoms with Gasteiger partial charge in [-0.3, -0.25) is 14.8 Å². The van der Waals surface area contributed by atoms with Gasteiger partial charge in [0.1, 0.15) is 5.76 Å². The number of piperidine rings is 1. The molecular formula is C19H25N3O2. The van der Waals surface area contributed by atoms with Gasteiger partial charge in [0, 0.05) is 32.4 Å². The number of furan rings is 1. The van der Waals surface area contributed by atoms with Gasteiger partial charge in [-0.05, 0) is 43.7 Å². The maximum absolute atomic E-state index is 6.29. The van der Waals surface area contributed by atoms with Crippen LogP contribution in [0.1, 0.15) is 24.3 Å². The Morgan fingerprint density at radius 2 is 1.96 bits per heavy atom. The van der Waals surface area contributed by atoms with Crippen LogP contribution in [0.2, 0.25) is 0 Å². The summed E-state index contributed by atoms with van der Waals surface area (Å²) in [4.78, 5) is 9.42. The van der Waals surface area contributed by atoms with E-state index in [0.29, 0.717) is 0 Å². The molecule has 2 saturated heterocycles. The predicted octanol–water partition coefficient (Wildman–Crippen LogP) is 2.54. The summed E-state index contributed by atoms with van der Waals surface area (Å²) in [5.74, 6) is 1.04. The Balaban J connectivity index is 1.40. The highest BCUT2D eigenvalue weighted by Crippen LogP contribution is 2.30. The molecule has 2 aromatic rings. The maximum Gasteiger partial charge on any atom is 0.117 e. The molecule has 2 aliphatic heterocycles. The first-order chi connectivity index (χ1) is 11.8. The van der Waals surface area contributed by atoms with Gasteiger partial charge in [-0.2, -0.15) is 0 Å². The van der Waals surface area contributed by atoms with Gasteiger partial charge in [-0.25, -0.2) is 0 Å². The molecule has 0 aliphatic carbocycles. The second-order valence-electron chi connectivity index (χ2n) is 6.96. The fourth-order valence-electron chi connectivity index (χ4n) is 3.97. The van der Waals surface area contributed by atoms with Crippen molar-refractivity contribution in [1.29, 1.82) is 0 Å². The minimum atomic E-state index is -0.0438. The molecule has 0 radical (unpaired) electrons. The van der Waals surface area contributed by atoms with E-state index in [2.05, 4.69) is 33.0 Å².